The third-order valence-electron chi connectivity index (χ3n) is 5.00. The molecule has 0 aliphatic heterocycles. The molecule has 0 amide bonds. The van der Waals surface area contributed by atoms with Crippen molar-refractivity contribution in [1.82, 2.24) is 23.0 Å². The quantitative estimate of drug-likeness (QED) is 0.428. The van der Waals surface area contributed by atoms with Crippen molar-refractivity contribution in [3.05, 3.63) is 72.7 Å². The van der Waals surface area contributed by atoms with Crippen LogP contribution in [-0.2, 0) is 10.2 Å². The predicted octanol–water partition coefficient (Wildman–Crippen LogP) is 3.83. The van der Waals surface area contributed by atoms with Gasteiger partial charge < -0.3 is 4.74 Å². The number of para-hydroxylation sites is 2. The topological polar surface area (TPSA) is 82.3 Å². The maximum absolute atomic E-state index is 12.8. The molecule has 0 atom stereocenters. The summed E-state index contributed by atoms with van der Waals surface area (Å²) in [5.74, 6) is 1.73. The van der Waals surface area contributed by atoms with Gasteiger partial charge in [-0.25, -0.2) is 13.6 Å². The molecule has 8 nitrogen and oxygen atoms in total. The van der Waals surface area contributed by atoms with Gasteiger partial charge in [0.15, 0.2) is 11.6 Å². The number of benzene rings is 2. The summed E-state index contributed by atoms with van der Waals surface area (Å²) in [7, 11) is 0.950. The Labute approximate surface area is 186 Å². The van der Waals surface area contributed by atoms with Crippen LogP contribution < -0.4 is 4.74 Å². The first-order valence-electron chi connectivity index (χ1n) is 9.80. The lowest BCUT2D eigenvalue weighted by atomic mass is 10.1. The van der Waals surface area contributed by atoms with Crippen LogP contribution in [0.15, 0.2) is 61.3 Å². The molecular formula is C23H23N5O3S. The molecule has 4 aromatic rings. The average molecular weight is 450 g/mol. The molecule has 164 valence electrons. The van der Waals surface area contributed by atoms with E-state index in [4.69, 9.17) is 4.74 Å². The van der Waals surface area contributed by atoms with Gasteiger partial charge >= 0.3 is 10.2 Å². The largest absolute Gasteiger partial charge is 0.496 e. The zero-order valence-corrected chi connectivity index (χ0v) is 18.8. The second kappa shape index (κ2) is 8.45. The van der Waals surface area contributed by atoms with Gasteiger partial charge in [-0.1, -0.05) is 36.9 Å². The second-order valence-electron chi connectivity index (χ2n) is 7.14. The van der Waals surface area contributed by atoms with Crippen molar-refractivity contribution in [1.29, 1.82) is 0 Å². The fourth-order valence-corrected chi connectivity index (χ4v) is 4.40. The van der Waals surface area contributed by atoms with Crippen LogP contribution in [0, 0.1) is 0 Å². The van der Waals surface area contributed by atoms with Crippen LogP contribution in [-0.4, -0.2) is 52.7 Å². The molecule has 4 rings (SSSR count). The number of hydrogen-bond donors (Lipinski definition) is 0. The normalized spacial score (nSPS) is 12.1. The minimum atomic E-state index is -3.66. The van der Waals surface area contributed by atoms with Crippen LogP contribution in [0.4, 0.5) is 0 Å². The van der Waals surface area contributed by atoms with Crippen LogP contribution in [0.5, 0.6) is 5.75 Å². The Morgan fingerprint density at radius 1 is 1.06 bits per heavy atom. The van der Waals surface area contributed by atoms with Crippen molar-refractivity contribution in [2.24, 2.45) is 0 Å². The number of ether oxygens (including phenoxy) is 1. The van der Waals surface area contributed by atoms with E-state index in [2.05, 4.69) is 16.7 Å². The molecule has 9 heteroatoms. The van der Waals surface area contributed by atoms with Gasteiger partial charge in [-0.15, -0.1) is 5.10 Å². The molecule has 0 fully saturated rings. The Morgan fingerprint density at radius 2 is 1.78 bits per heavy atom. The van der Waals surface area contributed by atoms with Crippen molar-refractivity contribution in [2.45, 2.75) is 0 Å². The lowest BCUT2D eigenvalue weighted by Crippen LogP contribution is -2.28. The molecule has 0 aliphatic carbocycles. The lowest BCUT2D eigenvalue weighted by molar-refractivity contribution is 0.416. The van der Waals surface area contributed by atoms with E-state index in [0.29, 0.717) is 22.9 Å². The van der Waals surface area contributed by atoms with Crippen molar-refractivity contribution in [3.8, 4) is 17.1 Å². The predicted molar refractivity (Wildman–Crippen MR) is 127 cm³/mol. The van der Waals surface area contributed by atoms with Gasteiger partial charge in [0.1, 0.15) is 5.75 Å². The van der Waals surface area contributed by atoms with Crippen LogP contribution in [0.2, 0.25) is 0 Å². The van der Waals surface area contributed by atoms with E-state index < -0.39 is 10.2 Å². The molecule has 0 radical (unpaired) electrons. The summed E-state index contributed by atoms with van der Waals surface area (Å²) in [6, 6.07) is 14.9. The number of fused-ring (bicyclic) bond motifs is 1. The highest BCUT2D eigenvalue weighted by Crippen LogP contribution is 2.29. The van der Waals surface area contributed by atoms with Gasteiger partial charge in [0, 0.05) is 37.4 Å². The molecule has 0 aliphatic rings. The van der Waals surface area contributed by atoms with Crippen LogP contribution in [0.3, 0.4) is 0 Å². The molecule has 2 aromatic carbocycles. The Kier molecular flexibility index (Phi) is 5.68. The van der Waals surface area contributed by atoms with Crippen LogP contribution in [0.25, 0.3) is 40.6 Å². The molecule has 0 saturated carbocycles. The number of methoxy groups -OCH3 is 1. The highest BCUT2D eigenvalue weighted by Gasteiger charge is 2.20. The molecule has 32 heavy (non-hydrogen) atoms. The van der Waals surface area contributed by atoms with Gasteiger partial charge in [0.25, 0.3) is 0 Å². The molecule has 2 heterocycles. The lowest BCUT2D eigenvalue weighted by Gasteiger charge is -2.12. The van der Waals surface area contributed by atoms with Gasteiger partial charge in [0.2, 0.25) is 0 Å². The summed E-state index contributed by atoms with van der Waals surface area (Å²) >= 11 is 0. The maximum atomic E-state index is 12.8. The molecule has 0 unspecified atom stereocenters. The van der Waals surface area contributed by atoms with E-state index in [9.17, 15) is 8.42 Å². The summed E-state index contributed by atoms with van der Waals surface area (Å²) < 4.78 is 35.0. The van der Waals surface area contributed by atoms with Crippen LogP contribution >= 0.6 is 0 Å². The first-order valence-corrected chi connectivity index (χ1v) is 11.2. The zero-order chi connectivity index (χ0) is 22.9. The number of aromatic nitrogens is 4. The molecule has 0 saturated heterocycles. The minimum Gasteiger partial charge on any atom is -0.496 e. The van der Waals surface area contributed by atoms with Gasteiger partial charge in [0.05, 0.1) is 18.2 Å². The van der Waals surface area contributed by atoms with Gasteiger partial charge in [-0.05, 0) is 30.4 Å². The van der Waals surface area contributed by atoms with Gasteiger partial charge in [-0.3, -0.25) is 0 Å². The Balaban J connectivity index is 1.78. The molecule has 2 aromatic heterocycles. The Morgan fingerprint density at radius 3 is 2.50 bits per heavy atom. The van der Waals surface area contributed by atoms with Crippen molar-refractivity contribution in [2.75, 3.05) is 21.2 Å². The third-order valence-corrected chi connectivity index (χ3v) is 6.72. The molecular weight excluding hydrogens is 426 g/mol. The molecule has 0 N–H and O–H groups in total. The summed E-state index contributed by atoms with van der Waals surface area (Å²) in [5.41, 5.74) is 2.12. The number of nitrogens with zero attached hydrogens (tertiary/aromatic N) is 5. The van der Waals surface area contributed by atoms with E-state index in [1.54, 1.807) is 42.4 Å². The van der Waals surface area contributed by atoms with E-state index in [-0.39, 0.29) is 0 Å². The first kappa shape index (κ1) is 21.5. The summed E-state index contributed by atoms with van der Waals surface area (Å²) in [6.07, 6.45) is 6.72. The zero-order valence-electron chi connectivity index (χ0n) is 18.0. The smallest absolute Gasteiger partial charge is 0.307 e. The van der Waals surface area contributed by atoms with E-state index in [1.165, 1.54) is 22.4 Å². The average Bonchev–Trinajstić information content (AvgIpc) is 3.39. The van der Waals surface area contributed by atoms with Crippen molar-refractivity contribution >= 4 is 39.5 Å². The first-order chi connectivity index (χ1) is 15.4. The highest BCUT2D eigenvalue weighted by molar-refractivity contribution is 7.87. The van der Waals surface area contributed by atoms with Crippen molar-refractivity contribution < 1.29 is 13.2 Å². The van der Waals surface area contributed by atoms with Crippen LogP contribution in [0.1, 0.15) is 11.4 Å². The standard InChI is InChI=1S/C23H23N5O3S/c1-5-27-23(19-11-7-9-13-21(19)31-4)24-22(25-27)15-14-17-16-28(32(29,30)26(2)3)20-12-8-6-10-18(17)20/h5-16H,1H2,2-4H3/b15-14+. The number of rotatable bonds is 7. The second-order valence-corrected chi connectivity index (χ2v) is 9.16. The molecule has 0 bridgehead atoms. The van der Waals surface area contributed by atoms with Gasteiger partial charge in [-0.2, -0.15) is 12.7 Å². The maximum Gasteiger partial charge on any atom is 0.307 e. The van der Waals surface area contributed by atoms with E-state index in [1.807, 2.05) is 42.5 Å². The Bertz CT molecular complexity index is 1430. The fraction of sp³-hybridized carbons (Fsp3) is 0.130. The number of hydrogen-bond acceptors (Lipinski definition) is 5. The fourth-order valence-electron chi connectivity index (χ4n) is 3.39. The molecule has 0 spiro atoms. The summed E-state index contributed by atoms with van der Waals surface area (Å²) in [4.78, 5) is 4.62. The third kappa shape index (κ3) is 3.72. The monoisotopic (exact) mass is 449 g/mol. The minimum absolute atomic E-state index is 0.457. The SMILES string of the molecule is C=Cn1nc(/C=C/c2cn(S(=O)(=O)N(C)C)c3ccccc23)nc1-c1ccccc1OC. The summed E-state index contributed by atoms with van der Waals surface area (Å²) in [6.45, 7) is 3.81. The Hall–Kier alpha value is -3.69. The van der Waals surface area contributed by atoms with Crippen molar-refractivity contribution in [3.63, 3.8) is 0 Å². The summed E-state index contributed by atoms with van der Waals surface area (Å²) in [5, 5.41) is 5.28. The van der Waals surface area contributed by atoms with E-state index in [0.717, 1.165) is 16.5 Å². The van der Waals surface area contributed by atoms with E-state index >= 15 is 0 Å². The highest BCUT2D eigenvalue weighted by atomic mass is 32.2.